The standard InChI is InChI=1S/C12H26N4O2.C6H16N2.CNS.Cu.F6P.Ni.H2O/c1-11(2,5-13)7-15-9(17)10(18)16-8-12(3,4)6-14;1-7(2)5-6-8(3)4;2-1-3;;1-7(2,3,4,5)6;;/h5-8,13-14H2,1-4H3,(H,15,17)(H,16,18);5-6H2,1-4H3;;;;;1H2/q;;-1;+2;-1;+2;/p-1. The molecule has 0 aliphatic carbocycles. The van der Waals surface area contributed by atoms with Crippen molar-refractivity contribution in [2.45, 2.75) is 27.7 Å². The molecule has 0 rings (SSSR count). The van der Waals surface area contributed by atoms with Gasteiger partial charge in [0.1, 0.15) is 0 Å². The van der Waals surface area contributed by atoms with Gasteiger partial charge in [-0.15, -0.1) is 0 Å². The molecule has 10 nitrogen and oxygen atoms in total. The fourth-order valence-electron chi connectivity index (χ4n) is 1.24. The summed E-state index contributed by atoms with van der Waals surface area (Å²) in [6.45, 7) is 11.1. The number of halogens is 6. The third kappa shape index (κ3) is 67.3. The molecule has 0 aliphatic rings. The number of aliphatic imine (C=N–C) groups is 2. The Kier molecular flexibility index (Phi) is 31.1. The van der Waals surface area contributed by atoms with Crippen LogP contribution in [0.4, 0.5) is 25.2 Å². The van der Waals surface area contributed by atoms with E-state index in [0.29, 0.717) is 13.1 Å². The maximum absolute atomic E-state index is 11.4. The number of nitrogens with zero attached hydrogens (tertiary/aromatic N) is 5. The summed E-state index contributed by atoms with van der Waals surface area (Å²) in [6, 6.07) is 0. The van der Waals surface area contributed by atoms with Gasteiger partial charge in [0.05, 0.1) is 0 Å². The van der Waals surface area contributed by atoms with Gasteiger partial charge >= 0.3 is 66.6 Å². The number of nitrogens with two attached hydrogens (primary N) is 2. The molecule has 0 aliphatic heterocycles. The van der Waals surface area contributed by atoms with E-state index >= 15 is 0 Å². The van der Waals surface area contributed by atoms with E-state index in [2.05, 4.69) is 60.2 Å². The first-order chi connectivity index (χ1) is 15.6. The maximum Gasteiger partial charge on any atom is 2.00 e. The molecule has 0 atom stereocenters. The van der Waals surface area contributed by atoms with Crippen LogP contribution in [-0.4, -0.2) is 94.2 Å². The molecule has 39 heavy (non-hydrogen) atoms. The molecule has 0 amide bonds. The van der Waals surface area contributed by atoms with E-state index in [9.17, 15) is 35.4 Å². The van der Waals surface area contributed by atoms with Crippen LogP contribution in [0.5, 0.6) is 0 Å². The predicted molar refractivity (Wildman–Crippen MR) is 142 cm³/mol. The summed E-state index contributed by atoms with van der Waals surface area (Å²) in [5.74, 6) is -1.63. The van der Waals surface area contributed by atoms with Gasteiger partial charge in [-0.1, -0.05) is 39.9 Å². The number of rotatable bonds is 9. The van der Waals surface area contributed by atoms with E-state index in [4.69, 9.17) is 16.9 Å². The Morgan fingerprint density at radius 2 is 1.00 bits per heavy atom. The Labute approximate surface area is 253 Å². The zero-order valence-electron chi connectivity index (χ0n) is 23.3. The summed E-state index contributed by atoms with van der Waals surface area (Å²) in [6.07, 6.45) is 0. The molecule has 0 unspecified atom stereocenters. The summed E-state index contributed by atoms with van der Waals surface area (Å²) in [7, 11) is -2.31. The van der Waals surface area contributed by atoms with Gasteiger partial charge in [-0.05, 0) is 63.9 Å². The summed E-state index contributed by atoms with van der Waals surface area (Å²) in [4.78, 5) is 11.8. The third-order valence-electron chi connectivity index (χ3n) is 3.58. The Hall–Kier alpha value is -0.437. The smallest absolute Gasteiger partial charge is 0.753 e. The molecule has 0 aromatic heterocycles. The molecule has 20 heteroatoms. The number of hydrogen-bond acceptors (Lipinski definition) is 9. The molecular weight excluding hydrogens is 674 g/mol. The Balaban J connectivity index is -0.0000000818. The molecule has 1 radical (unpaired) electrons. The van der Waals surface area contributed by atoms with Gasteiger partial charge in [-0.25, -0.2) is 0 Å². The normalized spacial score (nSPS) is 13.6. The van der Waals surface area contributed by atoms with Crippen molar-refractivity contribution in [3.8, 4) is 0 Å². The van der Waals surface area contributed by atoms with Gasteiger partial charge in [0, 0.05) is 26.2 Å². The van der Waals surface area contributed by atoms with Crippen molar-refractivity contribution in [2.75, 3.05) is 67.5 Å². The van der Waals surface area contributed by atoms with Crippen LogP contribution in [0.2, 0.25) is 0 Å². The van der Waals surface area contributed by atoms with Crippen LogP contribution >= 0.6 is 20.0 Å². The molecular formula is C19H43CuF6N7NiO3PS+. The van der Waals surface area contributed by atoms with Gasteiger partial charge in [0.15, 0.2) is 0 Å². The van der Waals surface area contributed by atoms with E-state index < -0.39 is 19.6 Å². The minimum atomic E-state index is -10.7. The minimum absolute atomic E-state index is 0. The van der Waals surface area contributed by atoms with Gasteiger partial charge in [-0.3, -0.25) is 9.98 Å². The molecule has 0 heterocycles. The van der Waals surface area contributed by atoms with Crippen LogP contribution < -0.4 is 21.7 Å². The summed E-state index contributed by atoms with van der Waals surface area (Å²) in [5, 5.41) is 31.3. The van der Waals surface area contributed by atoms with E-state index in [-0.39, 0.29) is 63.0 Å². The van der Waals surface area contributed by atoms with Crippen molar-refractivity contribution in [3.63, 3.8) is 0 Å². The molecule has 245 valence electrons. The van der Waals surface area contributed by atoms with Crippen LogP contribution in [0.25, 0.3) is 5.41 Å². The van der Waals surface area contributed by atoms with Crippen molar-refractivity contribution >= 4 is 37.0 Å². The largest absolute Gasteiger partial charge is 2.00 e. The molecule has 7 N–H and O–H groups in total. The topological polar surface area (TPSA) is 185 Å². The zero-order valence-corrected chi connectivity index (χ0v) is 26.9. The van der Waals surface area contributed by atoms with E-state index in [1.807, 2.05) is 27.7 Å². The number of hydrogen-bond donors (Lipinski definition) is 2. The SMILES string of the molecule is CC(C)(CN)CN=C([O-])C([O-])=NCC(C)(C)CN.CN(C)CCN(C)C.F[P-](F)(F)(F)(F)F.[Cu+2].[N-]=C=S.[Ni+2].[OH3+]. The quantitative estimate of drug-likeness (QED) is 0.0692. The van der Waals surface area contributed by atoms with E-state index in [1.54, 1.807) is 0 Å². The molecule has 0 spiro atoms. The second-order valence-electron chi connectivity index (χ2n) is 9.64. The van der Waals surface area contributed by atoms with Crippen molar-refractivity contribution in [1.29, 1.82) is 0 Å². The summed E-state index contributed by atoms with van der Waals surface area (Å²) in [5.41, 5.74) is 10.4. The Morgan fingerprint density at radius 3 is 1.13 bits per heavy atom. The molecule has 0 aromatic rings. The molecule has 0 bridgehead atoms. The average Bonchev–Trinajstić information content (AvgIpc) is 2.67. The van der Waals surface area contributed by atoms with Crippen molar-refractivity contribution in [3.05, 3.63) is 5.41 Å². The Morgan fingerprint density at radius 1 is 0.821 bits per heavy atom. The number of isothiocyanates is 1. The minimum Gasteiger partial charge on any atom is -0.753 e. The monoisotopic (exact) mass is 715 g/mol. The Bertz CT molecular complexity index is 676. The predicted octanol–water partition coefficient (Wildman–Crippen LogP) is 1.70. The number of thiocarbonyl (C=S) groups is 1. The van der Waals surface area contributed by atoms with Crippen molar-refractivity contribution in [2.24, 2.45) is 32.3 Å². The van der Waals surface area contributed by atoms with Crippen LogP contribution in [0.3, 0.4) is 0 Å². The van der Waals surface area contributed by atoms with E-state index in [1.165, 1.54) is 5.16 Å². The molecule has 0 fully saturated rings. The van der Waals surface area contributed by atoms with Gasteiger partial charge in [0.25, 0.3) is 0 Å². The first kappa shape index (κ1) is 54.6. The van der Waals surface area contributed by atoms with Crippen molar-refractivity contribution in [1.82, 2.24) is 9.80 Å². The van der Waals surface area contributed by atoms with Crippen LogP contribution in [0.1, 0.15) is 27.7 Å². The first-order valence-corrected chi connectivity index (χ1v) is 12.8. The van der Waals surface area contributed by atoms with Gasteiger partial charge < -0.3 is 42.4 Å². The van der Waals surface area contributed by atoms with Gasteiger partial charge in [0.2, 0.25) is 0 Å². The second kappa shape index (κ2) is 22.2. The fraction of sp³-hybridized carbons (Fsp3) is 0.842. The number of likely N-dealkylation sites (N-methyl/N-ethyl adjacent to an activating group) is 2. The average molecular weight is 717 g/mol. The van der Waals surface area contributed by atoms with Crippen LogP contribution in [-0.2, 0) is 39.0 Å². The fourth-order valence-corrected chi connectivity index (χ4v) is 1.24. The van der Waals surface area contributed by atoms with E-state index in [0.717, 1.165) is 13.1 Å². The molecule has 0 saturated heterocycles. The molecule has 0 aromatic carbocycles. The third-order valence-corrected chi connectivity index (χ3v) is 3.58. The maximum atomic E-state index is 11.4. The summed E-state index contributed by atoms with van der Waals surface area (Å²) < 4.78 is 59.2. The first-order valence-electron chi connectivity index (χ1n) is 10.3. The second-order valence-corrected chi connectivity index (χ2v) is 11.7. The zero-order chi connectivity index (χ0) is 30.1. The van der Waals surface area contributed by atoms with Crippen LogP contribution in [0.15, 0.2) is 9.98 Å². The van der Waals surface area contributed by atoms with Crippen LogP contribution in [0, 0.1) is 10.8 Å². The molecule has 0 saturated carbocycles. The van der Waals surface area contributed by atoms with Crippen molar-refractivity contribution < 1.29 is 74.4 Å². The summed E-state index contributed by atoms with van der Waals surface area (Å²) >= 11 is 3.70. The van der Waals surface area contributed by atoms with Gasteiger partial charge in [-0.2, -0.15) is 5.16 Å².